The lowest BCUT2D eigenvalue weighted by molar-refractivity contribution is 0.101. The summed E-state index contributed by atoms with van der Waals surface area (Å²) >= 11 is 7.67. The number of halogens is 1. The Morgan fingerprint density at radius 3 is 2.62 bits per heavy atom. The molecule has 0 spiro atoms. The Hall–Kier alpha value is -1.06. The van der Waals surface area contributed by atoms with Gasteiger partial charge in [0.25, 0.3) is 0 Å². The molecule has 0 saturated carbocycles. The van der Waals surface area contributed by atoms with E-state index in [0.29, 0.717) is 10.6 Å². The molecule has 0 bridgehead atoms. The Labute approximate surface area is 104 Å². The molecular formula is C12H8BClOS. The zero-order valence-electron chi connectivity index (χ0n) is 8.66. The number of ketones is 1. The topological polar surface area (TPSA) is 17.1 Å². The molecule has 0 aliphatic rings. The van der Waals surface area contributed by atoms with Gasteiger partial charge in [0.05, 0.1) is 0 Å². The number of thiophene rings is 1. The van der Waals surface area contributed by atoms with Gasteiger partial charge in [0.1, 0.15) is 7.85 Å². The molecule has 0 fully saturated rings. The van der Waals surface area contributed by atoms with Gasteiger partial charge in [0.2, 0.25) is 0 Å². The third-order valence-corrected chi connectivity index (χ3v) is 3.56. The predicted octanol–water partition coefficient (Wildman–Crippen LogP) is 3.06. The molecule has 0 saturated heterocycles. The summed E-state index contributed by atoms with van der Waals surface area (Å²) in [5.41, 5.74) is 2.26. The summed E-state index contributed by atoms with van der Waals surface area (Å²) in [6.45, 7) is 1.52. The van der Waals surface area contributed by atoms with Crippen molar-refractivity contribution in [1.29, 1.82) is 0 Å². The summed E-state index contributed by atoms with van der Waals surface area (Å²) in [4.78, 5) is 12.2. The molecule has 2 rings (SSSR count). The van der Waals surface area contributed by atoms with Crippen LogP contribution in [0.1, 0.15) is 17.3 Å². The SMILES string of the molecule is [B]c1csc(-c2ccc(C(C)=O)cc2Cl)c1. The molecule has 1 heterocycles. The van der Waals surface area contributed by atoms with Crippen LogP contribution in [0.4, 0.5) is 0 Å². The molecule has 2 radical (unpaired) electrons. The lowest BCUT2D eigenvalue weighted by atomic mass is 9.99. The monoisotopic (exact) mass is 246 g/mol. The summed E-state index contributed by atoms with van der Waals surface area (Å²) in [6, 6.07) is 7.19. The van der Waals surface area contributed by atoms with Crippen molar-refractivity contribution in [3.05, 3.63) is 40.2 Å². The first-order valence-corrected chi connectivity index (χ1v) is 5.98. The van der Waals surface area contributed by atoms with Crippen LogP contribution in [0.25, 0.3) is 10.4 Å². The normalized spacial score (nSPS) is 10.4. The van der Waals surface area contributed by atoms with Gasteiger partial charge in [-0.3, -0.25) is 4.79 Å². The van der Waals surface area contributed by atoms with Crippen LogP contribution in [0.15, 0.2) is 29.6 Å². The van der Waals surface area contributed by atoms with Crippen LogP contribution in [0, 0.1) is 0 Å². The first-order valence-electron chi connectivity index (χ1n) is 4.73. The second kappa shape index (κ2) is 4.44. The lowest BCUT2D eigenvalue weighted by Gasteiger charge is -2.03. The molecule has 4 heteroatoms. The highest BCUT2D eigenvalue weighted by atomic mass is 35.5. The predicted molar refractivity (Wildman–Crippen MR) is 70.2 cm³/mol. The zero-order chi connectivity index (χ0) is 11.7. The number of benzene rings is 1. The molecule has 78 valence electrons. The van der Waals surface area contributed by atoms with Crippen molar-refractivity contribution in [1.82, 2.24) is 0 Å². The van der Waals surface area contributed by atoms with Gasteiger partial charge in [0.15, 0.2) is 5.78 Å². The quantitative estimate of drug-likeness (QED) is 0.588. The van der Waals surface area contributed by atoms with Crippen LogP contribution < -0.4 is 5.46 Å². The third-order valence-electron chi connectivity index (χ3n) is 2.26. The van der Waals surface area contributed by atoms with Crippen molar-refractivity contribution < 1.29 is 4.79 Å². The number of carbonyl (C=O) groups excluding carboxylic acids is 1. The molecule has 0 N–H and O–H groups in total. The molecule has 0 unspecified atom stereocenters. The van der Waals surface area contributed by atoms with Gasteiger partial charge < -0.3 is 0 Å². The molecule has 0 aliphatic heterocycles. The fourth-order valence-corrected chi connectivity index (χ4v) is 2.60. The smallest absolute Gasteiger partial charge is 0.159 e. The van der Waals surface area contributed by atoms with E-state index < -0.39 is 0 Å². The van der Waals surface area contributed by atoms with Gasteiger partial charge in [-0.2, -0.15) is 0 Å². The summed E-state index contributed by atoms with van der Waals surface area (Å²) < 4.78 is 0. The largest absolute Gasteiger partial charge is 0.295 e. The van der Waals surface area contributed by atoms with Crippen molar-refractivity contribution >= 4 is 42.0 Å². The second-order valence-electron chi connectivity index (χ2n) is 3.50. The van der Waals surface area contributed by atoms with Gasteiger partial charge >= 0.3 is 0 Å². The first-order chi connectivity index (χ1) is 7.58. The van der Waals surface area contributed by atoms with E-state index in [1.165, 1.54) is 18.3 Å². The van der Waals surface area contributed by atoms with Crippen molar-refractivity contribution in [3.8, 4) is 10.4 Å². The van der Waals surface area contributed by atoms with Gasteiger partial charge in [-0.25, -0.2) is 0 Å². The maximum absolute atomic E-state index is 11.2. The lowest BCUT2D eigenvalue weighted by Crippen LogP contribution is -1.94. The molecular weight excluding hydrogens is 238 g/mol. The number of hydrogen-bond donors (Lipinski definition) is 0. The van der Waals surface area contributed by atoms with Crippen LogP contribution >= 0.6 is 22.9 Å². The van der Waals surface area contributed by atoms with Crippen LogP contribution in [-0.2, 0) is 0 Å². The van der Waals surface area contributed by atoms with E-state index in [1.54, 1.807) is 12.1 Å². The summed E-state index contributed by atoms with van der Waals surface area (Å²) in [5.74, 6) is 0.0131. The molecule has 0 aliphatic carbocycles. The first kappa shape index (κ1) is 11.4. The highest BCUT2D eigenvalue weighted by molar-refractivity contribution is 7.14. The van der Waals surface area contributed by atoms with E-state index in [9.17, 15) is 4.79 Å². The molecule has 1 nitrogen and oxygen atoms in total. The van der Waals surface area contributed by atoms with Crippen LogP contribution in [0.2, 0.25) is 5.02 Å². The van der Waals surface area contributed by atoms with E-state index in [2.05, 4.69) is 0 Å². The summed E-state index contributed by atoms with van der Waals surface area (Å²) in [7, 11) is 5.66. The van der Waals surface area contributed by atoms with Crippen molar-refractivity contribution in [2.75, 3.05) is 0 Å². The van der Waals surface area contributed by atoms with Gasteiger partial charge in [-0.15, -0.1) is 11.3 Å². The average Bonchev–Trinajstić information content (AvgIpc) is 2.64. The van der Waals surface area contributed by atoms with Crippen molar-refractivity contribution in [2.45, 2.75) is 6.92 Å². The van der Waals surface area contributed by atoms with Crippen LogP contribution in [0.5, 0.6) is 0 Å². The van der Waals surface area contributed by atoms with Crippen LogP contribution in [-0.4, -0.2) is 13.6 Å². The Kier molecular flexibility index (Phi) is 3.17. The number of rotatable bonds is 2. The number of hydrogen-bond acceptors (Lipinski definition) is 2. The Balaban J connectivity index is 2.47. The summed E-state index contributed by atoms with van der Waals surface area (Å²) in [6.07, 6.45) is 0. The highest BCUT2D eigenvalue weighted by Gasteiger charge is 2.08. The Morgan fingerprint density at radius 1 is 1.38 bits per heavy atom. The van der Waals surface area contributed by atoms with Crippen molar-refractivity contribution in [3.63, 3.8) is 0 Å². The van der Waals surface area contributed by atoms with E-state index in [0.717, 1.165) is 15.9 Å². The minimum absolute atomic E-state index is 0.0131. The fourth-order valence-electron chi connectivity index (χ4n) is 1.43. The fraction of sp³-hybridized carbons (Fsp3) is 0.0833. The molecule has 1 aromatic heterocycles. The van der Waals surface area contributed by atoms with Crippen molar-refractivity contribution in [2.24, 2.45) is 0 Å². The second-order valence-corrected chi connectivity index (χ2v) is 4.81. The standard InChI is InChI=1S/C12H8BClOS/c1-7(15)8-2-3-10(11(14)4-8)12-5-9(13)6-16-12/h2-6H,1H3. The van der Waals surface area contributed by atoms with Gasteiger partial charge in [-0.1, -0.05) is 35.3 Å². The van der Waals surface area contributed by atoms with Crippen LogP contribution in [0.3, 0.4) is 0 Å². The van der Waals surface area contributed by atoms with E-state index >= 15 is 0 Å². The van der Waals surface area contributed by atoms with E-state index in [4.69, 9.17) is 19.4 Å². The minimum atomic E-state index is 0.0131. The van der Waals surface area contributed by atoms with E-state index in [-0.39, 0.29) is 5.78 Å². The molecule has 2 aromatic rings. The third kappa shape index (κ3) is 2.20. The molecule has 0 amide bonds. The van der Waals surface area contributed by atoms with Gasteiger partial charge in [-0.05, 0) is 18.4 Å². The molecule has 16 heavy (non-hydrogen) atoms. The summed E-state index contributed by atoms with van der Waals surface area (Å²) in [5, 5.41) is 2.44. The Bertz CT molecular complexity index is 548. The molecule has 1 aromatic carbocycles. The minimum Gasteiger partial charge on any atom is -0.295 e. The number of Topliss-reactive ketones (excluding diaryl/α,β-unsaturated/α-hetero) is 1. The maximum Gasteiger partial charge on any atom is 0.159 e. The Morgan fingerprint density at radius 2 is 2.12 bits per heavy atom. The average molecular weight is 247 g/mol. The number of carbonyl (C=O) groups is 1. The zero-order valence-corrected chi connectivity index (χ0v) is 10.2. The van der Waals surface area contributed by atoms with Gasteiger partial charge in [0, 0.05) is 21.0 Å². The highest BCUT2D eigenvalue weighted by Crippen LogP contribution is 2.31. The van der Waals surface area contributed by atoms with E-state index in [1.807, 2.05) is 17.5 Å². The maximum atomic E-state index is 11.2. The molecule has 0 atom stereocenters.